The van der Waals surface area contributed by atoms with Crippen molar-refractivity contribution in [3.63, 3.8) is 0 Å². The fourth-order valence-corrected chi connectivity index (χ4v) is 3.59. The summed E-state index contributed by atoms with van der Waals surface area (Å²) in [6.07, 6.45) is 8.87. The number of nitrogens with zero attached hydrogens (tertiary/aromatic N) is 1. The van der Waals surface area contributed by atoms with E-state index in [1.165, 1.54) is 25.7 Å². The van der Waals surface area contributed by atoms with Crippen LogP contribution >= 0.6 is 0 Å². The minimum absolute atomic E-state index is 0.0711. The molecule has 0 aromatic carbocycles. The number of rotatable bonds is 5. The number of nitrogens with one attached hydrogen (secondary N) is 1. The molecule has 2 saturated carbocycles. The zero-order valence-electron chi connectivity index (χ0n) is 11.9. The number of carbonyl (C=O) groups is 1. The molecule has 1 aliphatic heterocycles. The van der Waals surface area contributed by atoms with E-state index in [-0.39, 0.29) is 12.5 Å². The van der Waals surface area contributed by atoms with Gasteiger partial charge in [-0.25, -0.2) is 0 Å². The summed E-state index contributed by atoms with van der Waals surface area (Å²) in [5.74, 6) is 0.0711. The Morgan fingerprint density at radius 1 is 1.26 bits per heavy atom. The summed E-state index contributed by atoms with van der Waals surface area (Å²) in [5.41, 5.74) is 0. The summed E-state index contributed by atoms with van der Waals surface area (Å²) in [4.78, 5) is 14.5. The van der Waals surface area contributed by atoms with Crippen LogP contribution in [-0.2, 0) is 9.53 Å². The predicted molar refractivity (Wildman–Crippen MR) is 73.9 cm³/mol. The van der Waals surface area contributed by atoms with Crippen LogP contribution in [-0.4, -0.2) is 48.2 Å². The van der Waals surface area contributed by atoms with Gasteiger partial charge in [0.1, 0.15) is 6.61 Å². The number of likely N-dealkylation sites (tertiary alicyclic amines) is 1. The number of hydrogen-bond acceptors (Lipinski definition) is 3. The van der Waals surface area contributed by atoms with Crippen molar-refractivity contribution in [3.8, 4) is 0 Å². The second kappa shape index (κ2) is 5.80. The Morgan fingerprint density at radius 3 is 2.68 bits per heavy atom. The average Bonchev–Trinajstić information content (AvgIpc) is 2.96. The summed E-state index contributed by atoms with van der Waals surface area (Å²) in [6.45, 7) is 3.56. The van der Waals surface area contributed by atoms with Gasteiger partial charge in [0.25, 0.3) is 0 Å². The Bertz CT molecular complexity index is 324. The van der Waals surface area contributed by atoms with E-state index in [1.807, 2.05) is 0 Å². The SMILES string of the molecule is C[C@@H]1C[C@H](NC(=O)COC2CCCC2)CN1C1CC1. The molecule has 1 amide bonds. The van der Waals surface area contributed by atoms with Gasteiger partial charge in [-0.1, -0.05) is 12.8 Å². The average molecular weight is 266 g/mol. The predicted octanol–water partition coefficient (Wildman–Crippen LogP) is 1.69. The monoisotopic (exact) mass is 266 g/mol. The van der Waals surface area contributed by atoms with E-state index in [2.05, 4.69) is 17.1 Å². The van der Waals surface area contributed by atoms with Crippen molar-refractivity contribution in [2.45, 2.75) is 76.1 Å². The summed E-state index contributed by atoms with van der Waals surface area (Å²) >= 11 is 0. The summed E-state index contributed by atoms with van der Waals surface area (Å²) < 4.78 is 5.66. The molecule has 4 nitrogen and oxygen atoms in total. The molecular weight excluding hydrogens is 240 g/mol. The van der Waals surface area contributed by atoms with Crippen molar-refractivity contribution in [1.29, 1.82) is 0 Å². The second-order valence-electron chi connectivity index (χ2n) is 6.49. The van der Waals surface area contributed by atoms with Crippen molar-refractivity contribution in [2.24, 2.45) is 0 Å². The van der Waals surface area contributed by atoms with Gasteiger partial charge in [-0.2, -0.15) is 0 Å². The fourth-order valence-electron chi connectivity index (χ4n) is 3.59. The van der Waals surface area contributed by atoms with Crippen LogP contribution in [0.15, 0.2) is 0 Å². The molecule has 0 radical (unpaired) electrons. The van der Waals surface area contributed by atoms with Gasteiger partial charge in [0.05, 0.1) is 6.10 Å². The highest BCUT2D eigenvalue weighted by Gasteiger charge is 2.39. The van der Waals surface area contributed by atoms with Gasteiger partial charge in [-0.15, -0.1) is 0 Å². The van der Waals surface area contributed by atoms with Crippen LogP contribution in [0.2, 0.25) is 0 Å². The molecule has 0 bridgehead atoms. The first-order chi connectivity index (χ1) is 9.22. The van der Waals surface area contributed by atoms with Crippen LogP contribution in [0.1, 0.15) is 51.9 Å². The number of hydrogen-bond donors (Lipinski definition) is 1. The van der Waals surface area contributed by atoms with E-state index in [0.717, 1.165) is 31.8 Å². The summed E-state index contributed by atoms with van der Waals surface area (Å²) in [7, 11) is 0. The van der Waals surface area contributed by atoms with Gasteiger partial charge >= 0.3 is 0 Å². The minimum Gasteiger partial charge on any atom is -0.368 e. The molecule has 2 aliphatic carbocycles. The highest BCUT2D eigenvalue weighted by molar-refractivity contribution is 5.77. The maximum absolute atomic E-state index is 11.9. The molecule has 4 heteroatoms. The Hall–Kier alpha value is -0.610. The molecule has 1 heterocycles. The first kappa shape index (κ1) is 13.4. The molecule has 108 valence electrons. The van der Waals surface area contributed by atoms with Gasteiger partial charge in [-0.05, 0) is 39.0 Å². The molecule has 3 fully saturated rings. The van der Waals surface area contributed by atoms with Crippen LogP contribution in [0.4, 0.5) is 0 Å². The quantitative estimate of drug-likeness (QED) is 0.823. The minimum atomic E-state index is 0.0711. The standard InChI is InChI=1S/C15H26N2O2/c1-11-8-12(9-17(11)13-6-7-13)16-15(18)10-19-14-4-2-3-5-14/h11-14H,2-10H2,1H3,(H,16,18)/t11-,12+/m1/s1. The molecule has 0 aromatic heterocycles. The third-order valence-corrected chi connectivity index (χ3v) is 4.76. The van der Waals surface area contributed by atoms with E-state index in [0.29, 0.717) is 18.2 Å². The molecule has 2 atom stereocenters. The lowest BCUT2D eigenvalue weighted by molar-refractivity contribution is -0.128. The van der Waals surface area contributed by atoms with Gasteiger partial charge in [0.2, 0.25) is 5.91 Å². The van der Waals surface area contributed by atoms with Crippen LogP contribution in [0.3, 0.4) is 0 Å². The van der Waals surface area contributed by atoms with E-state index in [1.54, 1.807) is 0 Å². The second-order valence-corrected chi connectivity index (χ2v) is 6.49. The van der Waals surface area contributed by atoms with Crippen molar-refractivity contribution in [1.82, 2.24) is 10.2 Å². The molecule has 3 aliphatic rings. The smallest absolute Gasteiger partial charge is 0.246 e. The van der Waals surface area contributed by atoms with Gasteiger partial charge in [0, 0.05) is 24.7 Å². The molecule has 1 saturated heterocycles. The highest BCUT2D eigenvalue weighted by atomic mass is 16.5. The molecule has 0 unspecified atom stereocenters. The van der Waals surface area contributed by atoms with Crippen molar-refractivity contribution < 1.29 is 9.53 Å². The van der Waals surface area contributed by atoms with Crippen LogP contribution < -0.4 is 5.32 Å². The number of carbonyl (C=O) groups excluding carboxylic acids is 1. The largest absolute Gasteiger partial charge is 0.368 e. The number of amides is 1. The molecule has 3 rings (SSSR count). The topological polar surface area (TPSA) is 41.6 Å². The third kappa shape index (κ3) is 3.48. The lowest BCUT2D eigenvalue weighted by Gasteiger charge is -2.19. The molecule has 19 heavy (non-hydrogen) atoms. The normalized spacial score (nSPS) is 32.9. The Labute approximate surface area is 115 Å². The van der Waals surface area contributed by atoms with E-state index >= 15 is 0 Å². The first-order valence-electron chi connectivity index (χ1n) is 7.89. The molecular formula is C15H26N2O2. The summed E-state index contributed by atoms with van der Waals surface area (Å²) in [6, 6.07) is 1.75. The zero-order valence-corrected chi connectivity index (χ0v) is 11.9. The lowest BCUT2D eigenvalue weighted by atomic mass is 10.2. The van der Waals surface area contributed by atoms with E-state index < -0.39 is 0 Å². The first-order valence-corrected chi connectivity index (χ1v) is 7.89. The van der Waals surface area contributed by atoms with Crippen LogP contribution in [0, 0.1) is 0 Å². The van der Waals surface area contributed by atoms with E-state index in [4.69, 9.17) is 4.74 Å². The zero-order chi connectivity index (χ0) is 13.2. The highest BCUT2D eigenvalue weighted by Crippen LogP contribution is 2.33. The Balaban J connectivity index is 1.37. The third-order valence-electron chi connectivity index (χ3n) is 4.76. The molecule has 0 aromatic rings. The van der Waals surface area contributed by atoms with Crippen LogP contribution in [0.25, 0.3) is 0 Å². The van der Waals surface area contributed by atoms with E-state index in [9.17, 15) is 4.79 Å². The fraction of sp³-hybridized carbons (Fsp3) is 0.933. The molecule has 1 N–H and O–H groups in total. The Kier molecular flexibility index (Phi) is 4.08. The maximum atomic E-state index is 11.9. The van der Waals surface area contributed by atoms with Gasteiger partial charge in [-0.3, -0.25) is 9.69 Å². The van der Waals surface area contributed by atoms with Gasteiger partial charge < -0.3 is 10.1 Å². The lowest BCUT2D eigenvalue weighted by Crippen LogP contribution is -2.40. The molecule has 0 spiro atoms. The van der Waals surface area contributed by atoms with Crippen molar-refractivity contribution in [2.75, 3.05) is 13.2 Å². The Morgan fingerprint density at radius 2 is 2.00 bits per heavy atom. The number of ether oxygens (including phenoxy) is 1. The van der Waals surface area contributed by atoms with Crippen molar-refractivity contribution in [3.05, 3.63) is 0 Å². The van der Waals surface area contributed by atoms with Crippen LogP contribution in [0.5, 0.6) is 0 Å². The maximum Gasteiger partial charge on any atom is 0.246 e. The van der Waals surface area contributed by atoms with Crippen molar-refractivity contribution >= 4 is 5.91 Å². The summed E-state index contributed by atoms with van der Waals surface area (Å²) in [5, 5.41) is 3.14. The van der Waals surface area contributed by atoms with Gasteiger partial charge in [0.15, 0.2) is 0 Å².